The zero-order chi connectivity index (χ0) is 11.4. The lowest BCUT2D eigenvalue weighted by Gasteiger charge is -2.18. The van der Waals surface area contributed by atoms with Crippen LogP contribution in [0.2, 0.25) is 0 Å². The van der Waals surface area contributed by atoms with Gasteiger partial charge in [0.1, 0.15) is 5.01 Å². The largest absolute Gasteiger partial charge is 0.302 e. The molecule has 16 heavy (non-hydrogen) atoms. The van der Waals surface area contributed by atoms with Crippen LogP contribution in [-0.2, 0) is 0 Å². The number of aromatic nitrogens is 1. The molecule has 1 heterocycles. The molecule has 1 aromatic carbocycles. The van der Waals surface area contributed by atoms with Gasteiger partial charge in [-0.1, -0.05) is 30.3 Å². The van der Waals surface area contributed by atoms with E-state index in [1.165, 1.54) is 5.56 Å². The number of rotatable bonds is 4. The molecule has 1 unspecified atom stereocenters. The standard InChI is InChI=1S/C13H16N2S/c1-10(12-6-4-3-5-7-12)15-11(2)13-14-8-9-16-13/h3-11,15H,1-2H3/t10-,11?/m1/s1. The first-order valence-electron chi connectivity index (χ1n) is 5.48. The molecule has 0 aliphatic carbocycles. The number of thiazole rings is 1. The van der Waals surface area contributed by atoms with Gasteiger partial charge in [-0.05, 0) is 19.4 Å². The monoisotopic (exact) mass is 232 g/mol. The van der Waals surface area contributed by atoms with Gasteiger partial charge in [-0.25, -0.2) is 4.98 Å². The average molecular weight is 232 g/mol. The molecular formula is C13H16N2S. The van der Waals surface area contributed by atoms with E-state index < -0.39 is 0 Å². The summed E-state index contributed by atoms with van der Waals surface area (Å²) < 4.78 is 0. The van der Waals surface area contributed by atoms with Crippen LogP contribution in [0.5, 0.6) is 0 Å². The summed E-state index contributed by atoms with van der Waals surface area (Å²) in [7, 11) is 0. The van der Waals surface area contributed by atoms with E-state index >= 15 is 0 Å². The van der Waals surface area contributed by atoms with Crippen LogP contribution in [0, 0.1) is 0 Å². The van der Waals surface area contributed by atoms with E-state index in [0.717, 1.165) is 5.01 Å². The highest BCUT2D eigenvalue weighted by Crippen LogP contribution is 2.20. The molecule has 2 nitrogen and oxygen atoms in total. The van der Waals surface area contributed by atoms with Crippen LogP contribution in [0.1, 0.15) is 36.5 Å². The Morgan fingerprint density at radius 1 is 1.12 bits per heavy atom. The highest BCUT2D eigenvalue weighted by Gasteiger charge is 2.12. The lowest BCUT2D eigenvalue weighted by atomic mass is 10.1. The van der Waals surface area contributed by atoms with Crippen molar-refractivity contribution in [2.24, 2.45) is 0 Å². The molecule has 3 heteroatoms. The normalized spacial score (nSPS) is 14.6. The van der Waals surface area contributed by atoms with Crippen LogP contribution in [0.3, 0.4) is 0 Å². The molecule has 1 aromatic heterocycles. The van der Waals surface area contributed by atoms with Gasteiger partial charge in [0, 0.05) is 17.6 Å². The van der Waals surface area contributed by atoms with E-state index in [1.54, 1.807) is 11.3 Å². The summed E-state index contributed by atoms with van der Waals surface area (Å²) in [6.07, 6.45) is 1.85. The fraction of sp³-hybridized carbons (Fsp3) is 0.308. The Labute approximate surface area is 100 Å². The maximum absolute atomic E-state index is 4.32. The summed E-state index contributed by atoms with van der Waals surface area (Å²) in [6.45, 7) is 4.33. The predicted octanol–water partition coefficient (Wildman–Crippen LogP) is 3.55. The van der Waals surface area contributed by atoms with E-state index in [2.05, 4.69) is 48.4 Å². The fourth-order valence-electron chi connectivity index (χ4n) is 1.73. The van der Waals surface area contributed by atoms with Crippen molar-refractivity contribution in [1.82, 2.24) is 10.3 Å². The summed E-state index contributed by atoms with van der Waals surface area (Å²) in [6, 6.07) is 11.1. The molecule has 0 bridgehead atoms. The lowest BCUT2D eigenvalue weighted by Crippen LogP contribution is -2.22. The van der Waals surface area contributed by atoms with Crippen LogP contribution in [-0.4, -0.2) is 4.98 Å². The van der Waals surface area contributed by atoms with E-state index in [1.807, 2.05) is 17.6 Å². The van der Waals surface area contributed by atoms with E-state index in [0.29, 0.717) is 12.1 Å². The molecule has 0 saturated heterocycles. The van der Waals surface area contributed by atoms with Crippen LogP contribution in [0.15, 0.2) is 41.9 Å². The molecule has 0 spiro atoms. The fourth-order valence-corrected chi connectivity index (χ4v) is 2.39. The van der Waals surface area contributed by atoms with Crippen molar-refractivity contribution < 1.29 is 0 Å². The van der Waals surface area contributed by atoms with Crippen molar-refractivity contribution in [3.05, 3.63) is 52.5 Å². The summed E-state index contributed by atoms with van der Waals surface area (Å²) in [5.41, 5.74) is 1.31. The second-order valence-electron chi connectivity index (χ2n) is 3.89. The Morgan fingerprint density at radius 2 is 1.88 bits per heavy atom. The Bertz CT molecular complexity index is 411. The Kier molecular flexibility index (Phi) is 3.70. The zero-order valence-corrected chi connectivity index (χ0v) is 10.4. The Hall–Kier alpha value is -1.19. The second-order valence-corrected chi connectivity index (χ2v) is 4.82. The van der Waals surface area contributed by atoms with Crippen LogP contribution in [0.4, 0.5) is 0 Å². The van der Waals surface area contributed by atoms with Gasteiger partial charge in [0.15, 0.2) is 0 Å². The van der Waals surface area contributed by atoms with Gasteiger partial charge in [-0.15, -0.1) is 11.3 Å². The third-order valence-electron chi connectivity index (χ3n) is 2.62. The van der Waals surface area contributed by atoms with Crippen molar-refractivity contribution >= 4 is 11.3 Å². The highest BCUT2D eigenvalue weighted by molar-refractivity contribution is 7.09. The molecule has 0 radical (unpaired) electrons. The van der Waals surface area contributed by atoms with Crippen molar-refractivity contribution in [3.8, 4) is 0 Å². The van der Waals surface area contributed by atoms with Gasteiger partial charge in [0.25, 0.3) is 0 Å². The summed E-state index contributed by atoms with van der Waals surface area (Å²) in [5, 5.41) is 6.70. The number of benzene rings is 1. The molecule has 1 N–H and O–H groups in total. The molecule has 0 aliphatic rings. The van der Waals surface area contributed by atoms with Crippen molar-refractivity contribution in [1.29, 1.82) is 0 Å². The van der Waals surface area contributed by atoms with Crippen molar-refractivity contribution in [2.75, 3.05) is 0 Å². The molecule has 2 aromatic rings. The number of hydrogen-bond acceptors (Lipinski definition) is 3. The molecule has 0 saturated carbocycles. The highest BCUT2D eigenvalue weighted by atomic mass is 32.1. The summed E-state index contributed by atoms with van der Waals surface area (Å²) >= 11 is 1.69. The second kappa shape index (κ2) is 5.23. The van der Waals surface area contributed by atoms with Gasteiger partial charge < -0.3 is 5.32 Å². The van der Waals surface area contributed by atoms with Gasteiger partial charge in [0.05, 0.1) is 6.04 Å². The SMILES string of the molecule is CC(N[C@H](C)c1ccccc1)c1nccs1. The van der Waals surface area contributed by atoms with E-state index in [9.17, 15) is 0 Å². The van der Waals surface area contributed by atoms with Crippen molar-refractivity contribution in [3.63, 3.8) is 0 Å². The van der Waals surface area contributed by atoms with Crippen molar-refractivity contribution in [2.45, 2.75) is 25.9 Å². The number of nitrogens with zero attached hydrogens (tertiary/aromatic N) is 1. The van der Waals surface area contributed by atoms with Crippen LogP contribution >= 0.6 is 11.3 Å². The maximum atomic E-state index is 4.32. The minimum absolute atomic E-state index is 0.301. The minimum Gasteiger partial charge on any atom is -0.302 e. The maximum Gasteiger partial charge on any atom is 0.109 e. The Balaban J connectivity index is 2.00. The summed E-state index contributed by atoms with van der Waals surface area (Å²) in [4.78, 5) is 4.32. The van der Waals surface area contributed by atoms with Gasteiger partial charge >= 0.3 is 0 Å². The molecule has 0 fully saturated rings. The third-order valence-corrected chi connectivity index (χ3v) is 3.58. The topological polar surface area (TPSA) is 24.9 Å². The molecule has 2 rings (SSSR count). The quantitative estimate of drug-likeness (QED) is 0.872. The first kappa shape index (κ1) is 11.3. The molecule has 0 aliphatic heterocycles. The smallest absolute Gasteiger partial charge is 0.109 e. The molecular weight excluding hydrogens is 216 g/mol. The number of hydrogen-bond donors (Lipinski definition) is 1. The number of nitrogens with one attached hydrogen (secondary N) is 1. The van der Waals surface area contributed by atoms with Crippen LogP contribution < -0.4 is 5.32 Å². The summed E-state index contributed by atoms with van der Waals surface area (Å²) in [5.74, 6) is 0. The van der Waals surface area contributed by atoms with Gasteiger partial charge in [-0.2, -0.15) is 0 Å². The van der Waals surface area contributed by atoms with E-state index in [-0.39, 0.29) is 0 Å². The zero-order valence-electron chi connectivity index (χ0n) is 9.55. The Morgan fingerprint density at radius 3 is 2.50 bits per heavy atom. The average Bonchev–Trinajstić information content (AvgIpc) is 2.83. The third kappa shape index (κ3) is 2.68. The molecule has 2 atom stereocenters. The first-order chi connectivity index (χ1) is 7.77. The van der Waals surface area contributed by atoms with E-state index in [4.69, 9.17) is 0 Å². The molecule has 84 valence electrons. The first-order valence-corrected chi connectivity index (χ1v) is 6.35. The predicted molar refractivity (Wildman–Crippen MR) is 68.5 cm³/mol. The van der Waals surface area contributed by atoms with Crippen LogP contribution in [0.25, 0.3) is 0 Å². The van der Waals surface area contributed by atoms with Gasteiger partial charge in [-0.3, -0.25) is 0 Å². The molecule has 0 amide bonds. The lowest BCUT2D eigenvalue weighted by molar-refractivity contribution is 0.493. The van der Waals surface area contributed by atoms with Gasteiger partial charge in [0.2, 0.25) is 0 Å². The minimum atomic E-state index is 0.301.